The Morgan fingerprint density at radius 3 is 2.55 bits per heavy atom. The molecule has 2 N–H and O–H groups in total. The number of rotatable bonds is 12. The maximum absolute atomic E-state index is 6.28. The van der Waals surface area contributed by atoms with E-state index in [4.69, 9.17) is 14.5 Å². The highest BCUT2D eigenvalue weighted by atomic mass is 127. The lowest BCUT2D eigenvalue weighted by molar-refractivity contribution is 0.191. The van der Waals surface area contributed by atoms with Crippen molar-refractivity contribution in [2.45, 2.75) is 66.7 Å². The number of ether oxygens (including phenoxy) is 2. The zero-order valence-electron chi connectivity index (χ0n) is 21.1. The molecule has 2 aromatic rings. The van der Waals surface area contributed by atoms with Crippen LogP contribution >= 0.6 is 24.0 Å². The van der Waals surface area contributed by atoms with E-state index in [0.717, 1.165) is 48.3 Å². The van der Waals surface area contributed by atoms with E-state index >= 15 is 0 Å². The van der Waals surface area contributed by atoms with Crippen molar-refractivity contribution in [1.29, 1.82) is 0 Å². The summed E-state index contributed by atoms with van der Waals surface area (Å²) in [7, 11) is 3.67. The quantitative estimate of drug-likeness (QED) is 0.172. The molecule has 1 aromatic heterocycles. The number of guanidine groups is 1. The Bertz CT molecular complexity index is 869. The summed E-state index contributed by atoms with van der Waals surface area (Å²) in [6.07, 6.45) is 2.07. The largest absolute Gasteiger partial charge is 0.490 e. The third-order valence-corrected chi connectivity index (χ3v) is 5.18. The van der Waals surface area contributed by atoms with Crippen LogP contribution in [0.25, 0.3) is 0 Å². The van der Waals surface area contributed by atoms with Crippen molar-refractivity contribution < 1.29 is 9.47 Å². The summed E-state index contributed by atoms with van der Waals surface area (Å²) in [4.78, 5) is 4.82. The number of nitrogens with zero attached hydrogens (tertiary/aromatic N) is 4. The molecule has 1 atom stereocenters. The fraction of sp³-hybridized carbons (Fsp3) is 0.625. The second-order valence-corrected chi connectivity index (χ2v) is 8.68. The monoisotopic (exact) mass is 572 g/mol. The lowest BCUT2D eigenvalue weighted by Crippen LogP contribution is -2.38. The minimum atomic E-state index is 0. The average Bonchev–Trinajstić information content (AvgIpc) is 3.05. The van der Waals surface area contributed by atoms with Gasteiger partial charge in [-0.2, -0.15) is 0 Å². The van der Waals surface area contributed by atoms with Crippen LogP contribution in [0, 0.1) is 19.8 Å². The molecule has 0 aliphatic carbocycles. The highest BCUT2D eigenvalue weighted by Gasteiger charge is 2.12. The third kappa shape index (κ3) is 10.3. The molecule has 0 amide bonds. The molecule has 186 valence electrons. The van der Waals surface area contributed by atoms with E-state index in [1.165, 1.54) is 5.56 Å². The van der Waals surface area contributed by atoms with Crippen LogP contribution in [0.3, 0.4) is 0 Å². The Balaban J connectivity index is 0.00000544. The van der Waals surface area contributed by atoms with E-state index in [1.807, 2.05) is 18.5 Å². The minimum Gasteiger partial charge on any atom is -0.490 e. The fourth-order valence-electron chi connectivity index (χ4n) is 3.36. The molecule has 0 spiro atoms. The van der Waals surface area contributed by atoms with Crippen molar-refractivity contribution in [1.82, 2.24) is 25.4 Å². The Morgan fingerprint density at radius 1 is 1.15 bits per heavy atom. The van der Waals surface area contributed by atoms with Crippen LogP contribution in [-0.4, -0.2) is 47.1 Å². The molecule has 0 bridgehead atoms. The van der Waals surface area contributed by atoms with Gasteiger partial charge < -0.3 is 24.7 Å². The van der Waals surface area contributed by atoms with Crippen molar-refractivity contribution in [3.8, 4) is 5.75 Å². The van der Waals surface area contributed by atoms with Crippen LogP contribution in [0.1, 0.15) is 56.4 Å². The van der Waals surface area contributed by atoms with Gasteiger partial charge in [-0.15, -0.1) is 34.2 Å². The van der Waals surface area contributed by atoms with E-state index in [2.05, 4.69) is 66.7 Å². The van der Waals surface area contributed by atoms with Gasteiger partial charge in [0.25, 0.3) is 0 Å². The Kier molecular flexibility index (Phi) is 13.3. The normalized spacial score (nSPS) is 12.4. The van der Waals surface area contributed by atoms with Gasteiger partial charge in [0.1, 0.15) is 11.6 Å². The summed E-state index contributed by atoms with van der Waals surface area (Å²) >= 11 is 0. The predicted molar refractivity (Wildman–Crippen MR) is 144 cm³/mol. The Labute approximate surface area is 216 Å². The molecule has 1 heterocycles. The van der Waals surface area contributed by atoms with Crippen molar-refractivity contribution in [3.05, 3.63) is 41.0 Å². The van der Waals surface area contributed by atoms with Gasteiger partial charge in [0, 0.05) is 32.9 Å². The molecule has 1 unspecified atom stereocenters. The number of aryl methyl sites for hydroxylation is 2. The van der Waals surface area contributed by atoms with Gasteiger partial charge in [0.2, 0.25) is 0 Å². The van der Waals surface area contributed by atoms with E-state index < -0.39 is 0 Å². The second-order valence-electron chi connectivity index (χ2n) is 8.68. The SMILES string of the molecule is COCCCNC(=NCc1ccc(C)cc1OC(C)CC(C)C)NCc1nnc(C)n1C.I. The van der Waals surface area contributed by atoms with Crippen LogP contribution < -0.4 is 15.4 Å². The first-order valence-corrected chi connectivity index (χ1v) is 11.4. The van der Waals surface area contributed by atoms with E-state index in [1.54, 1.807) is 7.11 Å². The van der Waals surface area contributed by atoms with Gasteiger partial charge in [-0.3, -0.25) is 0 Å². The van der Waals surface area contributed by atoms with Crippen molar-refractivity contribution >= 4 is 29.9 Å². The highest BCUT2D eigenvalue weighted by Crippen LogP contribution is 2.24. The standard InChI is InChI=1S/C24H40N6O2.HI/c1-17(2)13-19(4)32-22-14-18(3)9-10-21(22)15-26-24(25-11-8-12-31-7)27-16-23-29-28-20(5)30(23)6;/h9-10,14,17,19H,8,11-13,15-16H2,1-7H3,(H2,25,26,27);1H. The summed E-state index contributed by atoms with van der Waals surface area (Å²) in [5.74, 6) is 3.96. The summed E-state index contributed by atoms with van der Waals surface area (Å²) in [6, 6.07) is 6.31. The van der Waals surface area contributed by atoms with E-state index in [9.17, 15) is 0 Å². The number of hydrogen-bond acceptors (Lipinski definition) is 5. The van der Waals surface area contributed by atoms with Crippen LogP contribution in [0.2, 0.25) is 0 Å². The summed E-state index contributed by atoms with van der Waals surface area (Å²) in [5, 5.41) is 15.1. The second kappa shape index (κ2) is 15.1. The number of aromatic nitrogens is 3. The molecule has 0 radical (unpaired) electrons. The number of halogens is 1. The van der Waals surface area contributed by atoms with Gasteiger partial charge in [0.15, 0.2) is 11.8 Å². The molecule has 0 saturated carbocycles. The zero-order valence-corrected chi connectivity index (χ0v) is 23.5. The highest BCUT2D eigenvalue weighted by molar-refractivity contribution is 14.0. The van der Waals surface area contributed by atoms with Gasteiger partial charge >= 0.3 is 0 Å². The lowest BCUT2D eigenvalue weighted by Gasteiger charge is -2.19. The maximum atomic E-state index is 6.28. The number of hydrogen-bond donors (Lipinski definition) is 2. The van der Waals surface area contributed by atoms with Crippen molar-refractivity contribution in [2.75, 3.05) is 20.3 Å². The number of nitrogens with one attached hydrogen (secondary N) is 2. The van der Waals surface area contributed by atoms with E-state index in [0.29, 0.717) is 25.6 Å². The van der Waals surface area contributed by atoms with Gasteiger partial charge in [-0.25, -0.2) is 4.99 Å². The number of methoxy groups -OCH3 is 1. The molecular formula is C24H41IN6O2. The molecule has 9 heteroatoms. The van der Waals surface area contributed by atoms with Crippen molar-refractivity contribution in [3.63, 3.8) is 0 Å². The summed E-state index contributed by atoms with van der Waals surface area (Å²) in [5.41, 5.74) is 2.25. The van der Waals surface area contributed by atoms with Gasteiger partial charge in [-0.05, 0) is 51.2 Å². The molecule has 0 aliphatic rings. The molecule has 2 rings (SSSR count). The third-order valence-electron chi connectivity index (χ3n) is 5.18. The molecule has 33 heavy (non-hydrogen) atoms. The van der Waals surface area contributed by atoms with Crippen LogP contribution in [0.4, 0.5) is 0 Å². The topological polar surface area (TPSA) is 85.6 Å². The smallest absolute Gasteiger partial charge is 0.191 e. The molecule has 0 saturated heterocycles. The zero-order chi connectivity index (χ0) is 23.5. The molecule has 8 nitrogen and oxygen atoms in total. The molecule has 1 aromatic carbocycles. The van der Waals surface area contributed by atoms with Crippen LogP contribution in [-0.2, 0) is 24.9 Å². The predicted octanol–water partition coefficient (Wildman–Crippen LogP) is 4.14. The first-order valence-electron chi connectivity index (χ1n) is 11.4. The van der Waals surface area contributed by atoms with Gasteiger partial charge in [0.05, 0.1) is 19.2 Å². The Morgan fingerprint density at radius 2 is 1.91 bits per heavy atom. The average molecular weight is 573 g/mol. The molecule has 0 fully saturated rings. The first-order chi connectivity index (χ1) is 15.3. The fourth-order valence-corrected chi connectivity index (χ4v) is 3.36. The first kappa shape index (κ1) is 29.2. The maximum Gasteiger partial charge on any atom is 0.191 e. The van der Waals surface area contributed by atoms with Gasteiger partial charge in [-0.1, -0.05) is 26.0 Å². The Hall–Kier alpha value is -1.88. The van der Waals surface area contributed by atoms with Crippen LogP contribution in [0.15, 0.2) is 23.2 Å². The van der Waals surface area contributed by atoms with E-state index in [-0.39, 0.29) is 30.1 Å². The molecule has 0 aliphatic heterocycles. The van der Waals surface area contributed by atoms with Crippen molar-refractivity contribution in [2.24, 2.45) is 18.0 Å². The summed E-state index contributed by atoms with van der Waals surface area (Å²) in [6.45, 7) is 13.1. The number of aliphatic imine (C=N–C) groups is 1. The minimum absolute atomic E-state index is 0. The molecular weight excluding hydrogens is 531 g/mol. The lowest BCUT2D eigenvalue weighted by atomic mass is 10.1. The van der Waals surface area contributed by atoms with Crippen LogP contribution in [0.5, 0.6) is 5.75 Å². The number of benzene rings is 1. The summed E-state index contributed by atoms with van der Waals surface area (Å²) < 4.78 is 13.4.